The van der Waals surface area contributed by atoms with E-state index in [4.69, 9.17) is 27.9 Å². The standard InChI is InChI=1S/C32H33Cl2FN2O6S/c1-19(2)27(18-36(44(41,42)24-14-15-24)26-9-4-3-8-25(26)35)37-30(20-10-12-22(33)13-11-20)31(21-6-5-7-23(34)16-21)43-28(32(37)40)17-29(38)39/h3-13,16,19,24,27-28,30-31H,14-15,17-18H2,1-2H3,(H,38,39)/t27-,28?,30-,31-/m1/s1. The summed E-state index contributed by atoms with van der Waals surface area (Å²) in [5.74, 6) is -2.89. The van der Waals surface area contributed by atoms with Crippen molar-refractivity contribution in [2.75, 3.05) is 10.8 Å². The number of carboxylic acid groups (broad SMARTS) is 1. The fraction of sp³-hybridized carbons (Fsp3) is 0.375. The number of amides is 1. The molecule has 0 radical (unpaired) electrons. The third-order valence-electron chi connectivity index (χ3n) is 8.03. The first-order chi connectivity index (χ1) is 20.9. The molecule has 1 heterocycles. The lowest BCUT2D eigenvalue weighted by molar-refractivity contribution is -0.184. The maximum absolute atomic E-state index is 15.2. The lowest BCUT2D eigenvalue weighted by atomic mass is 9.88. The van der Waals surface area contributed by atoms with Gasteiger partial charge in [0.1, 0.15) is 18.0 Å². The highest BCUT2D eigenvalue weighted by Crippen LogP contribution is 2.46. The van der Waals surface area contributed by atoms with E-state index in [1.165, 1.54) is 23.1 Å². The number of anilines is 1. The monoisotopic (exact) mass is 662 g/mol. The van der Waals surface area contributed by atoms with Gasteiger partial charge in [0.25, 0.3) is 5.91 Å². The largest absolute Gasteiger partial charge is 0.481 e. The minimum absolute atomic E-state index is 0.109. The maximum Gasteiger partial charge on any atom is 0.306 e. The topological polar surface area (TPSA) is 104 Å². The number of aliphatic carboxylic acids is 1. The predicted molar refractivity (Wildman–Crippen MR) is 167 cm³/mol. The number of rotatable bonds is 11. The molecular weight excluding hydrogens is 630 g/mol. The van der Waals surface area contributed by atoms with Crippen molar-refractivity contribution in [2.45, 2.75) is 62.7 Å². The molecule has 1 aliphatic carbocycles. The Kier molecular flexibility index (Phi) is 9.55. The molecule has 1 saturated carbocycles. The molecule has 1 aliphatic heterocycles. The molecule has 3 aromatic rings. The number of carboxylic acids is 1. The number of hydrogen-bond acceptors (Lipinski definition) is 5. The molecule has 5 rings (SSSR count). The highest BCUT2D eigenvalue weighted by Gasteiger charge is 2.50. The van der Waals surface area contributed by atoms with Crippen molar-refractivity contribution in [1.29, 1.82) is 0 Å². The van der Waals surface area contributed by atoms with Crippen molar-refractivity contribution in [3.63, 3.8) is 0 Å². The van der Waals surface area contributed by atoms with E-state index in [1.807, 2.05) is 13.8 Å². The van der Waals surface area contributed by atoms with Gasteiger partial charge in [-0.05, 0) is 66.3 Å². The molecule has 2 aliphatic rings. The van der Waals surface area contributed by atoms with E-state index >= 15 is 4.39 Å². The highest BCUT2D eigenvalue weighted by molar-refractivity contribution is 7.93. The average Bonchev–Trinajstić information content (AvgIpc) is 3.82. The third-order valence-corrected chi connectivity index (χ3v) is 10.8. The molecule has 0 spiro atoms. The third kappa shape index (κ3) is 6.73. The van der Waals surface area contributed by atoms with Gasteiger partial charge in [-0.2, -0.15) is 0 Å². The van der Waals surface area contributed by atoms with E-state index in [0.29, 0.717) is 34.0 Å². The summed E-state index contributed by atoms with van der Waals surface area (Å²) in [5, 5.41) is 9.95. The number of para-hydroxylation sites is 1. The van der Waals surface area contributed by atoms with Gasteiger partial charge in [-0.15, -0.1) is 0 Å². The van der Waals surface area contributed by atoms with Crippen LogP contribution in [0.3, 0.4) is 0 Å². The summed E-state index contributed by atoms with van der Waals surface area (Å²) < 4.78 is 50.2. The Hall–Kier alpha value is -3.18. The second-order valence-corrected chi connectivity index (χ2v) is 14.5. The number of nitrogens with zero attached hydrogens (tertiary/aromatic N) is 2. The van der Waals surface area contributed by atoms with Crippen molar-refractivity contribution < 1.29 is 32.2 Å². The van der Waals surface area contributed by atoms with Gasteiger partial charge in [-0.1, -0.05) is 73.4 Å². The summed E-state index contributed by atoms with van der Waals surface area (Å²) in [4.78, 5) is 27.8. The van der Waals surface area contributed by atoms with Gasteiger partial charge in [0, 0.05) is 10.0 Å². The first-order valence-electron chi connectivity index (χ1n) is 14.3. The first kappa shape index (κ1) is 32.2. The van der Waals surface area contributed by atoms with Gasteiger partial charge < -0.3 is 14.7 Å². The van der Waals surface area contributed by atoms with Gasteiger partial charge in [-0.3, -0.25) is 13.9 Å². The molecular formula is C32H33Cl2FN2O6S. The Balaban J connectivity index is 1.69. The van der Waals surface area contributed by atoms with Crippen LogP contribution in [0.5, 0.6) is 0 Å². The van der Waals surface area contributed by atoms with Crippen molar-refractivity contribution in [2.24, 2.45) is 5.92 Å². The number of ether oxygens (including phenoxy) is 1. The number of halogens is 3. The zero-order valence-electron chi connectivity index (χ0n) is 24.1. The molecule has 234 valence electrons. The lowest BCUT2D eigenvalue weighted by Gasteiger charge is -2.50. The van der Waals surface area contributed by atoms with Crippen LogP contribution in [0.15, 0.2) is 72.8 Å². The van der Waals surface area contributed by atoms with Gasteiger partial charge >= 0.3 is 5.97 Å². The Labute approximate surface area is 266 Å². The maximum atomic E-state index is 15.2. The Morgan fingerprint density at radius 3 is 2.30 bits per heavy atom. The summed E-state index contributed by atoms with van der Waals surface area (Å²) >= 11 is 12.6. The Bertz CT molecular complexity index is 1630. The number of carbonyl (C=O) groups excluding carboxylic acids is 1. The van der Waals surface area contributed by atoms with Crippen molar-refractivity contribution in [3.05, 3.63) is 99.8 Å². The summed E-state index contributed by atoms with van der Waals surface area (Å²) in [5.41, 5.74) is 1.13. The zero-order chi connectivity index (χ0) is 31.8. The number of hydrogen-bond donors (Lipinski definition) is 1. The van der Waals surface area contributed by atoms with Crippen LogP contribution in [0, 0.1) is 11.7 Å². The van der Waals surface area contributed by atoms with E-state index in [0.717, 1.165) is 4.31 Å². The average molecular weight is 664 g/mol. The molecule has 0 aromatic heterocycles. The molecule has 0 bridgehead atoms. The molecule has 3 aromatic carbocycles. The number of morpholine rings is 1. The molecule has 1 saturated heterocycles. The number of sulfonamides is 1. The SMILES string of the molecule is CC(C)[C@@H](CN(c1ccccc1F)S(=O)(=O)C1CC1)N1C(=O)C(CC(=O)O)O[C@H](c2cccc(Cl)c2)[C@H]1c1ccc(Cl)cc1. The quantitative estimate of drug-likeness (QED) is 0.247. The van der Waals surface area contributed by atoms with Crippen LogP contribution in [0.1, 0.15) is 56.4 Å². The van der Waals surface area contributed by atoms with Crippen molar-refractivity contribution >= 4 is 50.8 Å². The smallest absolute Gasteiger partial charge is 0.306 e. The summed E-state index contributed by atoms with van der Waals surface area (Å²) in [6.45, 7) is 3.43. The second kappa shape index (κ2) is 13.0. The van der Waals surface area contributed by atoms with E-state index in [1.54, 1.807) is 54.6 Å². The van der Waals surface area contributed by atoms with Gasteiger partial charge in [0.05, 0.1) is 36.0 Å². The molecule has 8 nitrogen and oxygen atoms in total. The highest BCUT2D eigenvalue weighted by atomic mass is 35.5. The Morgan fingerprint density at radius 1 is 1.02 bits per heavy atom. The minimum Gasteiger partial charge on any atom is -0.481 e. The van der Waals surface area contributed by atoms with E-state index in [-0.39, 0.29) is 18.2 Å². The minimum atomic E-state index is -3.98. The molecule has 4 atom stereocenters. The fourth-order valence-corrected chi connectivity index (χ4v) is 7.89. The molecule has 1 amide bonds. The predicted octanol–water partition coefficient (Wildman–Crippen LogP) is 6.64. The van der Waals surface area contributed by atoms with Crippen LogP contribution >= 0.6 is 23.2 Å². The Morgan fingerprint density at radius 2 is 1.70 bits per heavy atom. The van der Waals surface area contributed by atoms with Crippen LogP contribution in [0.2, 0.25) is 10.0 Å². The first-order valence-corrected chi connectivity index (χ1v) is 16.6. The molecule has 44 heavy (non-hydrogen) atoms. The van der Waals surface area contributed by atoms with E-state index < -0.39 is 63.7 Å². The van der Waals surface area contributed by atoms with Crippen LogP contribution in [-0.4, -0.2) is 54.2 Å². The van der Waals surface area contributed by atoms with Crippen LogP contribution in [0.4, 0.5) is 10.1 Å². The van der Waals surface area contributed by atoms with E-state index in [9.17, 15) is 23.1 Å². The summed E-state index contributed by atoms with van der Waals surface area (Å²) in [7, 11) is -3.98. The van der Waals surface area contributed by atoms with Crippen molar-refractivity contribution in [1.82, 2.24) is 4.90 Å². The summed E-state index contributed by atoms with van der Waals surface area (Å²) in [6, 6.07) is 17.7. The van der Waals surface area contributed by atoms with Gasteiger partial charge in [0.2, 0.25) is 10.0 Å². The second-order valence-electron chi connectivity index (χ2n) is 11.5. The molecule has 2 fully saturated rings. The normalized spacial score (nSPS) is 21.4. The van der Waals surface area contributed by atoms with Crippen LogP contribution < -0.4 is 4.31 Å². The van der Waals surface area contributed by atoms with Crippen LogP contribution in [-0.2, 0) is 24.3 Å². The number of benzene rings is 3. The number of carbonyl (C=O) groups is 2. The molecule has 1 unspecified atom stereocenters. The zero-order valence-corrected chi connectivity index (χ0v) is 26.5. The fourth-order valence-electron chi connectivity index (χ4n) is 5.69. The molecule has 1 N–H and O–H groups in total. The van der Waals surface area contributed by atoms with Gasteiger partial charge in [0.15, 0.2) is 0 Å². The lowest BCUT2D eigenvalue weighted by Crippen LogP contribution is -2.59. The van der Waals surface area contributed by atoms with Crippen LogP contribution in [0.25, 0.3) is 0 Å². The summed E-state index contributed by atoms with van der Waals surface area (Å²) in [6.07, 6.45) is -1.94. The molecule has 12 heteroatoms. The van der Waals surface area contributed by atoms with Crippen molar-refractivity contribution in [3.8, 4) is 0 Å². The van der Waals surface area contributed by atoms with E-state index in [2.05, 4.69) is 0 Å². The van der Waals surface area contributed by atoms with Gasteiger partial charge in [-0.25, -0.2) is 12.8 Å².